The molecule has 0 heterocycles. The number of carbonyl (C=O) groups excluding carboxylic acids is 1. The number of thiocarbonyl (C=S) groups is 1. The lowest BCUT2D eigenvalue weighted by Crippen LogP contribution is -2.16. The van der Waals surface area contributed by atoms with E-state index in [9.17, 15) is 9.18 Å². The molecule has 1 saturated carbocycles. The van der Waals surface area contributed by atoms with E-state index in [0.29, 0.717) is 9.37 Å². The van der Waals surface area contributed by atoms with Crippen LogP contribution < -0.4 is 0 Å². The minimum absolute atomic E-state index is 0.0599. The van der Waals surface area contributed by atoms with Gasteiger partial charge in [-0.15, -0.1) is 11.8 Å². The number of hydrogen-bond donors (Lipinski definition) is 0. The molecular weight excluding hydrogens is 377 g/mol. The lowest BCUT2D eigenvalue weighted by Gasteiger charge is -2.11. The zero-order chi connectivity index (χ0) is 15.2. The van der Waals surface area contributed by atoms with E-state index < -0.39 is 5.82 Å². The van der Waals surface area contributed by atoms with Gasteiger partial charge < -0.3 is 4.74 Å². The van der Waals surface area contributed by atoms with E-state index in [1.54, 1.807) is 0 Å². The minimum atomic E-state index is -0.489. The molecule has 1 fully saturated rings. The van der Waals surface area contributed by atoms with Crippen LogP contribution in [0.1, 0.15) is 25.7 Å². The van der Waals surface area contributed by atoms with Crippen molar-refractivity contribution in [3.63, 3.8) is 0 Å². The Labute approximate surface area is 140 Å². The number of aliphatic imine (C=N–C) groups is 1. The first-order valence-electron chi connectivity index (χ1n) is 6.49. The van der Waals surface area contributed by atoms with Gasteiger partial charge in [-0.2, -0.15) is 4.99 Å². The Morgan fingerprint density at radius 1 is 1.52 bits per heavy atom. The minimum Gasteiger partial charge on any atom is -0.462 e. The van der Waals surface area contributed by atoms with Crippen molar-refractivity contribution in [2.24, 2.45) is 4.99 Å². The predicted octanol–water partition coefficient (Wildman–Crippen LogP) is 4.90. The summed E-state index contributed by atoms with van der Waals surface area (Å²) in [5.41, 5.74) is 0.111. The molecule has 0 amide bonds. The van der Waals surface area contributed by atoms with Crippen LogP contribution in [-0.4, -0.2) is 23.0 Å². The molecule has 2 rings (SSSR count). The second kappa shape index (κ2) is 8.03. The Morgan fingerprint density at radius 3 is 2.90 bits per heavy atom. The molecule has 0 bridgehead atoms. The van der Waals surface area contributed by atoms with Crippen LogP contribution in [0.25, 0.3) is 0 Å². The first kappa shape index (κ1) is 16.6. The van der Waals surface area contributed by atoms with Crippen molar-refractivity contribution in [1.82, 2.24) is 0 Å². The Bertz CT molecular complexity index is 585. The van der Waals surface area contributed by atoms with E-state index in [2.05, 4.69) is 38.3 Å². The molecule has 112 valence electrons. The largest absolute Gasteiger partial charge is 0.462 e. The normalized spacial score (nSPS) is 14.8. The monoisotopic (exact) mass is 389 g/mol. The molecule has 3 nitrogen and oxygen atoms in total. The number of esters is 1. The number of halogens is 2. The van der Waals surface area contributed by atoms with Crippen molar-refractivity contribution >= 4 is 56.7 Å². The summed E-state index contributed by atoms with van der Waals surface area (Å²) in [7, 11) is 0. The molecule has 0 saturated heterocycles. The summed E-state index contributed by atoms with van der Waals surface area (Å²) in [4.78, 5) is 16.1. The summed E-state index contributed by atoms with van der Waals surface area (Å²) in [5.74, 6) is -0.554. The average Bonchev–Trinajstić information content (AvgIpc) is 2.93. The maximum absolute atomic E-state index is 13.6. The molecule has 0 aliphatic heterocycles. The number of rotatable bonds is 5. The molecule has 0 N–H and O–H groups in total. The van der Waals surface area contributed by atoms with Crippen LogP contribution in [-0.2, 0) is 9.53 Å². The summed E-state index contributed by atoms with van der Waals surface area (Å²) in [6.07, 6.45) is 4.19. The van der Waals surface area contributed by atoms with Gasteiger partial charge in [0.2, 0.25) is 0 Å². The Hall–Kier alpha value is -0.750. The van der Waals surface area contributed by atoms with E-state index in [1.165, 1.54) is 23.9 Å². The number of benzene rings is 1. The quantitative estimate of drug-likeness (QED) is 0.310. The molecule has 0 radical (unpaired) electrons. The second-order valence-electron chi connectivity index (χ2n) is 4.62. The topological polar surface area (TPSA) is 38.7 Å². The van der Waals surface area contributed by atoms with Gasteiger partial charge in [0.25, 0.3) is 0 Å². The van der Waals surface area contributed by atoms with Crippen LogP contribution in [0.2, 0.25) is 0 Å². The van der Waals surface area contributed by atoms with E-state index >= 15 is 0 Å². The number of carbonyl (C=O) groups is 1. The summed E-state index contributed by atoms with van der Waals surface area (Å²) in [5, 5.41) is 2.14. The molecule has 1 aromatic carbocycles. The van der Waals surface area contributed by atoms with Crippen LogP contribution in [0.5, 0.6) is 0 Å². The van der Waals surface area contributed by atoms with E-state index in [-0.39, 0.29) is 23.5 Å². The molecule has 1 aliphatic rings. The molecule has 0 unspecified atom stereocenters. The summed E-state index contributed by atoms with van der Waals surface area (Å²) in [6.45, 7) is 0. The number of thioether (sulfide) groups is 1. The fourth-order valence-electron chi connectivity index (χ4n) is 2.13. The van der Waals surface area contributed by atoms with Gasteiger partial charge in [0.05, 0.1) is 10.9 Å². The summed E-state index contributed by atoms with van der Waals surface area (Å²) < 4.78 is 19.5. The average molecular weight is 390 g/mol. The summed E-state index contributed by atoms with van der Waals surface area (Å²) >= 11 is 9.03. The third-order valence-corrected chi connectivity index (χ3v) is 5.15. The first-order valence-corrected chi connectivity index (χ1v) is 8.68. The molecule has 0 spiro atoms. The van der Waals surface area contributed by atoms with Gasteiger partial charge >= 0.3 is 5.97 Å². The van der Waals surface area contributed by atoms with Crippen molar-refractivity contribution in [1.29, 1.82) is 0 Å². The fraction of sp³-hybridized carbons (Fsp3) is 0.429. The van der Waals surface area contributed by atoms with Crippen molar-refractivity contribution in [3.8, 4) is 0 Å². The van der Waals surface area contributed by atoms with Crippen molar-refractivity contribution in [2.45, 2.75) is 36.7 Å². The first-order chi connectivity index (χ1) is 10.1. The van der Waals surface area contributed by atoms with Gasteiger partial charge in [0, 0.05) is 9.37 Å². The van der Waals surface area contributed by atoms with Gasteiger partial charge in [-0.25, -0.2) is 4.39 Å². The fourth-order valence-corrected chi connectivity index (χ4v) is 3.62. The summed E-state index contributed by atoms with van der Waals surface area (Å²) in [6, 6.07) is 2.84. The van der Waals surface area contributed by atoms with Crippen LogP contribution in [0.4, 0.5) is 10.1 Å². The highest BCUT2D eigenvalue weighted by Crippen LogP contribution is 2.33. The van der Waals surface area contributed by atoms with Gasteiger partial charge in [-0.05, 0) is 66.0 Å². The lowest BCUT2D eigenvalue weighted by atomic mass is 10.3. The lowest BCUT2D eigenvalue weighted by molar-refractivity contribution is -0.145. The molecule has 7 heteroatoms. The van der Waals surface area contributed by atoms with E-state index in [0.717, 1.165) is 25.7 Å². The molecule has 1 aliphatic carbocycles. The number of isothiocyanates is 1. The van der Waals surface area contributed by atoms with Crippen LogP contribution in [0, 0.1) is 5.82 Å². The van der Waals surface area contributed by atoms with E-state index in [1.807, 2.05) is 0 Å². The number of hydrogen-bond acceptors (Lipinski definition) is 5. The standard InChI is InChI=1S/C14H13BrFNO2S2/c15-10-5-11(16)12(17-8-20)6-13(10)21-7-14(18)19-9-3-1-2-4-9/h5-6,9H,1-4,7H2. The smallest absolute Gasteiger partial charge is 0.316 e. The Balaban J connectivity index is 1.97. The third-order valence-electron chi connectivity index (χ3n) is 3.11. The zero-order valence-electron chi connectivity index (χ0n) is 11.1. The third kappa shape index (κ3) is 4.88. The Morgan fingerprint density at radius 2 is 2.24 bits per heavy atom. The number of ether oxygens (including phenoxy) is 1. The van der Waals surface area contributed by atoms with Crippen LogP contribution >= 0.6 is 39.9 Å². The van der Waals surface area contributed by atoms with Crippen LogP contribution in [0.15, 0.2) is 26.5 Å². The second-order valence-corrected chi connectivity index (χ2v) is 6.68. The zero-order valence-corrected chi connectivity index (χ0v) is 14.3. The Kier molecular flexibility index (Phi) is 6.36. The van der Waals surface area contributed by atoms with Gasteiger partial charge in [-0.1, -0.05) is 0 Å². The maximum atomic E-state index is 13.6. The molecular formula is C14H13BrFNO2S2. The van der Waals surface area contributed by atoms with Gasteiger partial charge in [0.1, 0.15) is 11.8 Å². The highest BCUT2D eigenvalue weighted by atomic mass is 79.9. The van der Waals surface area contributed by atoms with Crippen molar-refractivity contribution in [2.75, 3.05) is 5.75 Å². The van der Waals surface area contributed by atoms with Crippen molar-refractivity contribution < 1.29 is 13.9 Å². The van der Waals surface area contributed by atoms with Crippen molar-refractivity contribution in [3.05, 3.63) is 22.4 Å². The predicted molar refractivity (Wildman–Crippen MR) is 87.9 cm³/mol. The van der Waals surface area contributed by atoms with E-state index in [4.69, 9.17) is 4.74 Å². The number of nitrogens with zero attached hydrogens (tertiary/aromatic N) is 1. The molecule has 0 atom stereocenters. The SMILES string of the molecule is O=C(CSc1cc(N=C=S)c(F)cc1Br)OC1CCCC1. The molecule has 0 aromatic heterocycles. The molecule has 1 aromatic rings. The highest BCUT2D eigenvalue weighted by Gasteiger charge is 2.19. The maximum Gasteiger partial charge on any atom is 0.316 e. The highest BCUT2D eigenvalue weighted by molar-refractivity contribution is 9.10. The van der Waals surface area contributed by atoms with Gasteiger partial charge in [0.15, 0.2) is 5.82 Å². The molecule has 21 heavy (non-hydrogen) atoms. The van der Waals surface area contributed by atoms with Crippen LogP contribution in [0.3, 0.4) is 0 Å². The van der Waals surface area contributed by atoms with Gasteiger partial charge in [-0.3, -0.25) is 4.79 Å².